The third-order valence-electron chi connectivity index (χ3n) is 11.5. The van der Waals surface area contributed by atoms with Crippen LogP contribution < -0.4 is 4.90 Å². The van der Waals surface area contributed by atoms with Crippen LogP contribution in [0, 0.1) is 5.92 Å². The summed E-state index contributed by atoms with van der Waals surface area (Å²) in [4.78, 5) is 17.7. The molecule has 0 spiro atoms. The Morgan fingerprint density at radius 1 is 0.712 bits per heavy atom. The summed E-state index contributed by atoms with van der Waals surface area (Å²) in [7, 11) is 0. The molecule has 3 aromatic heterocycles. The number of para-hydroxylation sites is 3. The highest BCUT2D eigenvalue weighted by atomic mass is 15.3. The fourth-order valence-electron chi connectivity index (χ4n) is 9.28. The maximum absolute atomic E-state index is 5.37. The number of allylic oxidation sites excluding steroid dienone is 4. The third kappa shape index (κ3) is 4.38. The lowest BCUT2D eigenvalue weighted by molar-refractivity contribution is 0.637. The Morgan fingerprint density at radius 3 is 2.40 bits per heavy atom. The summed E-state index contributed by atoms with van der Waals surface area (Å²) in [6, 6.07) is 43.1. The molecule has 7 aromatic rings. The number of rotatable bonds is 4. The first-order valence-electron chi connectivity index (χ1n) is 18.4. The van der Waals surface area contributed by atoms with Crippen LogP contribution in [0.2, 0.25) is 0 Å². The van der Waals surface area contributed by atoms with E-state index in [0.29, 0.717) is 11.6 Å². The van der Waals surface area contributed by atoms with E-state index in [0.717, 1.165) is 35.9 Å². The summed E-state index contributed by atoms with van der Waals surface area (Å²) in [6.07, 6.45) is 17.1. The van der Waals surface area contributed by atoms with Crippen molar-refractivity contribution in [2.45, 2.75) is 31.2 Å². The van der Waals surface area contributed by atoms with Crippen molar-refractivity contribution in [1.29, 1.82) is 0 Å². The van der Waals surface area contributed by atoms with Gasteiger partial charge in [-0.2, -0.15) is 4.98 Å². The van der Waals surface area contributed by atoms with E-state index in [1.54, 1.807) is 0 Å². The minimum atomic E-state index is 0.0522. The molecule has 0 fully saturated rings. The summed E-state index contributed by atoms with van der Waals surface area (Å²) in [5.41, 5.74) is 14.7. The van der Waals surface area contributed by atoms with Gasteiger partial charge in [-0.15, -0.1) is 0 Å². The molecule has 3 aliphatic carbocycles. The van der Waals surface area contributed by atoms with Crippen molar-refractivity contribution >= 4 is 39.6 Å². The fourth-order valence-corrected chi connectivity index (χ4v) is 9.28. The largest absolute Gasteiger partial charge is 0.313 e. The van der Waals surface area contributed by atoms with Gasteiger partial charge in [0.25, 0.3) is 0 Å². The Kier molecular flexibility index (Phi) is 6.56. The average Bonchev–Trinajstić information content (AvgIpc) is 3.73. The lowest BCUT2D eigenvalue weighted by Crippen LogP contribution is -2.36. The number of aromatic nitrogens is 4. The van der Waals surface area contributed by atoms with Gasteiger partial charge in [0, 0.05) is 57.0 Å². The molecule has 3 unspecified atom stereocenters. The number of benzene rings is 4. The molecule has 0 N–H and O–H groups in total. The maximum atomic E-state index is 5.37. The van der Waals surface area contributed by atoms with Crippen molar-refractivity contribution in [3.8, 4) is 16.9 Å². The molecule has 1 aliphatic heterocycles. The summed E-state index contributed by atoms with van der Waals surface area (Å²) < 4.78 is 2.49. The van der Waals surface area contributed by atoms with Gasteiger partial charge in [0.05, 0.1) is 17.3 Å². The van der Waals surface area contributed by atoms with Gasteiger partial charge in [0.2, 0.25) is 5.95 Å². The van der Waals surface area contributed by atoms with Crippen LogP contribution in [-0.2, 0) is 6.42 Å². The Hall–Kier alpha value is -6.33. The van der Waals surface area contributed by atoms with E-state index in [1.165, 1.54) is 55.8 Å². The van der Waals surface area contributed by atoms with Crippen LogP contribution in [0.5, 0.6) is 0 Å². The zero-order valence-corrected chi connectivity index (χ0v) is 28.6. The second kappa shape index (κ2) is 11.6. The summed E-state index contributed by atoms with van der Waals surface area (Å²) in [5, 5.41) is 2.27. The number of nitrogens with zero attached hydrogens (tertiary/aromatic N) is 5. The van der Waals surface area contributed by atoms with Crippen molar-refractivity contribution in [2.75, 3.05) is 4.90 Å². The number of hydrogen-bond acceptors (Lipinski definition) is 4. The Bertz CT molecular complexity index is 2680. The Labute approximate surface area is 302 Å². The molecule has 11 rings (SSSR count). The lowest BCUT2D eigenvalue weighted by Gasteiger charge is -2.38. The molecular weight excluding hydrogens is 635 g/mol. The number of pyridine rings is 1. The first-order chi connectivity index (χ1) is 25.8. The van der Waals surface area contributed by atoms with Crippen molar-refractivity contribution in [1.82, 2.24) is 19.5 Å². The second-order valence-electron chi connectivity index (χ2n) is 14.2. The number of anilines is 2. The topological polar surface area (TPSA) is 46.8 Å². The number of hydrogen-bond donors (Lipinski definition) is 0. The third-order valence-corrected chi connectivity index (χ3v) is 11.5. The minimum absolute atomic E-state index is 0.0522. The van der Waals surface area contributed by atoms with Crippen LogP contribution in [0.25, 0.3) is 45.0 Å². The zero-order valence-electron chi connectivity index (χ0n) is 28.6. The SMILES string of the molecule is C1=CC2=C(CC1)C(C1C=Cc3c(n(-c4ccccc4)c4ccccc34)C1)=CC1c3ccccc3N(c3nc(-c4ccccc4)c4cccnc4n3)C21. The molecule has 0 radical (unpaired) electrons. The molecule has 3 atom stereocenters. The smallest absolute Gasteiger partial charge is 0.233 e. The molecule has 52 heavy (non-hydrogen) atoms. The molecule has 5 nitrogen and oxygen atoms in total. The minimum Gasteiger partial charge on any atom is -0.313 e. The van der Waals surface area contributed by atoms with Crippen molar-refractivity contribution in [2.24, 2.45) is 5.92 Å². The predicted molar refractivity (Wildman–Crippen MR) is 211 cm³/mol. The quantitative estimate of drug-likeness (QED) is 0.187. The van der Waals surface area contributed by atoms with Crippen molar-refractivity contribution < 1.29 is 0 Å². The van der Waals surface area contributed by atoms with Gasteiger partial charge in [0.1, 0.15) is 0 Å². The molecule has 4 aliphatic rings. The molecule has 0 bridgehead atoms. The standard InChI is InChI=1S/C47H35N5/c1-3-14-30(15-4-1)44-38-22-13-27-48-46(38)50-47(49-44)52-42-24-12-10-20-35(42)40-29-39(33-18-7-8-21-37(33)45(40)52)31-25-26-36-34-19-9-11-23-41(34)51(43(36)28-31)32-16-5-2-6-17-32/h1-6,8-17,19-27,29,31,40,45H,7,18,28H2. The van der Waals surface area contributed by atoms with Crippen LogP contribution in [-0.4, -0.2) is 25.6 Å². The Balaban J connectivity index is 1.07. The van der Waals surface area contributed by atoms with Gasteiger partial charge in [0.15, 0.2) is 5.65 Å². The molecule has 248 valence electrons. The van der Waals surface area contributed by atoms with Gasteiger partial charge < -0.3 is 9.47 Å². The number of fused-ring (bicyclic) bond motifs is 8. The van der Waals surface area contributed by atoms with Crippen molar-refractivity contribution in [3.63, 3.8) is 0 Å². The average molecular weight is 670 g/mol. The second-order valence-corrected chi connectivity index (χ2v) is 14.2. The van der Waals surface area contributed by atoms with Crippen LogP contribution in [0.1, 0.15) is 35.6 Å². The monoisotopic (exact) mass is 669 g/mol. The highest BCUT2D eigenvalue weighted by molar-refractivity contribution is 5.94. The van der Waals surface area contributed by atoms with Crippen molar-refractivity contribution in [3.05, 3.63) is 185 Å². The molecule has 0 amide bonds. The first kappa shape index (κ1) is 29.4. The van der Waals surface area contributed by atoms with E-state index in [1.807, 2.05) is 18.3 Å². The molecule has 5 heteroatoms. The normalized spacial score (nSPS) is 20.1. The summed E-state index contributed by atoms with van der Waals surface area (Å²) in [5.74, 6) is 1.12. The van der Waals surface area contributed by atoms with Gasteiger partial charge in [-0.05, 0) is 77.9 Å². The summed E-state index contributed by atoms with van der Waals surface area (Å²) in [6.45, 7) is 0. The van der Waals surface area contributed by atoms with E-state index in [-0.39, 0.29) is 17.9 Å². The van der Waals surface area contributed by atoms with Gasteiger partial charge in [-0.3, -0.25) is 0 Å². The van der Waals surface area contributed by atoms with Gasteiger partial charge in [-0.1, -0.05) is 115 Å². The highest BCUT2D eigenvalue weighted by Gasteiger charge is 2.46. The fraction of sp³-hybridized carbons (Fsp3) is 0.128. The molecule has 4 aromatic carbocycles. The van der Waals surface area contributed by atoms with E-state index in [2.05, 4.69) is 149 Å². The molecule has 0 saturated heterocycles. The van der Waals surface area contributed by atoms with E-state index in [4.69, 9.17) is 15.0 Å². The zero-order chi connectivity index (χ0) is 34.2. The van der Waals surface area contributed by atoms with Gasteiger partial charge >= 0.3 is 0 Å². The summed E-state index contributed by atoms with van der Waals surface area (Å²) >= 11 is 0. The van der Waals surface area contributed by atoms with E-state index < -0.39 is 0 Å². The van der Waals surface area contributed by atoms with E-state index in [9.17, 15) is 0 Å². The first-order valence-corrected chi connectivity index (χ1v) is 18.4. The molecule has 4 heterocycles. The molecule has 0 saturated carbocycles. The van der Waals surface area contributed by atoms with Crippen LogP contribution >= 0.6 is 0 Å². The lowest BCUT2D eigenvalue weighted by atomic mass is 9.71. The van der Waals surface area contributed by atoms with E-state index >= 15 is 0 Å². The highest BCUT2D eigenvalue weighted by Crippen LogP contribution is 2.54. The predicted octanol–water partition coefficient (Wildman–Crippen LogP) is 10.7. The van der Waals surface area contributed by atoms with Crippen LogP contribution in [0.4, 0.5) is 11.6 Å². The molecular formula is C47H35N5. The Morgan fingerprint density at radius 2 is 1.50 bits per heavy atom. The van der Waals surface area contributed by atoms with Gasteiger partial charge in [-0.25, -0.2) is 9.97 Å². The van der Waals surface area contributed by atoms with Crippen LogP contribution in [0.3, 0.4) is 0 Å². The maximum Gasteiger partial charge on any atom is 0.233 e. The van der Waals surface area contributed by atoms with Crippen LogP contribution in [0.15, 0.2) is 169 Å².